The zero-order chi connectivity index (χ0) is 39.9. The first-order valence-electron chi connectivity index (χ1n) is 19.9. The quantitative estimate of drug-likeness (QED) is 0.148. The Morgan fingerprint density at radius 3 is 1.26 bits per heavy atom. The van der Waals surface area contributed by atoms with Crippen molar-refractivity contribution in [1.29, 1.82) is 0 Å². The molecule has 4 aromatic heterocycles. The van der Waals surface area contributed by atoms with Crippen molar-refractivity contribution in [3.8, 4) is 11.5 Å². The van der Waals surface area contributed by atoms with Crippen LogP contribution in [0.3, 0.4) is 0 Å². The van der Waals surface area contributed by atoms with Crippen molar-refractivity contribution in [3.05, 3.63) is 109 Å². The fourth-order valence-electron chi connectivity index (χ4n) is 9.32. The van der Waals surface area contributed by atoms with Crippen molar-refractivity contribution >= 4 is 111 Å². The summed E-state index contributed by atoms with van der Waals surface area (Å²) in [5.41, 5.74) is 6.34. The molecule has 16 aliphatic heterocycles. The highest BCUT2D eigenvalue weighted by molar-refractivity contribution is 6.98. The van der Waals surface area contributed by atoms with Gasteiger partial charge in [0.15, 0.2) is 5.82 Å². The maximum Gasteiger partial charge on any atom is 0.237 e. The fourth-order valence-corrected chi connectivity index (χ4v) is 26.8. The highest BCUT2D eigenvalue weighted by Crippen LogP contribution is 2.35. The molecule has 57 heavy (non-hydrogen) atoms. The first-order chi connectivity index (χ1) is 26.9. The lowest BCUT2D eigenvalue weighted by atomic mass is 10.1. The molecule has 0 radical (unpaired) electrons. The molecule has 288 valence electrons. The maximum absolute atomic E-state index is 7.53. The molecular formula is C44H49N5O3Si5. The SMILES string of the molecule is C[Si]1(C)O[Si](C)(C)c2ccc3c(c2)c2cc4ccc2n3-c2cnc(cn2)CO[Si](C)(C)c2ccc(cn2)-n2c3ccc1cc3c1cc(ccc12)[Si](C)(C)O[Si]4(C)C. The first-order valence-corrected chi connectivity index (χ1v) is 34.5. The summed E-state index contributed by atoms with van der Waals surface area (Å²) in [4.78, 5) is 15.0. The third kappa shape index (κ3) is 5.85. The maximum atomic E-state index is 7.53. The van der Waals surface area contributed by atoms with Gasteiger partial charge in [0.25, 0.3) is 0 Å². The van der Waals surface area contributed by atoms with Crippen LogP contribution in [0.5, 0.6) is 0 Å². The van der Waals surface area contributed by atoms with E-state index in [1.165, 1.54) is 42.3 Å². The smallest absolute Gasteiger partial charge is 0.237 e. The molecule has 0 amide bonds. The standard InChI is InChI=1S/C44H49N5O3Si5/c1-53(2)31-12-16-39-35(21-31)36-22-32-13-17-40(36)48(39)30-11-20-44(47-26-30)57(9,10)50-28-29-25-46-43(27-45-29)49-41-18-14-33(55(5,6)51-53)23-37(41)38-24-34(15-19-42(38)49)56(7,8)52-54(32,3)4/h11-27H,28H2,1-10H3. The monoisotopic (exact) mass is 835 g/mol. The molecule has 8 nitrogen and oxygen atoms in total. The minimum absolute atomic E-state index is 0.367. The summed E-state index contributed by atoms with van der Waals surface area (Å²) in [6.45, 7) is 23.6. The molecule has 0 saturated carbocycles. The predicted octanol–water partition coefficient (Wildman–Crippen LogP) is 7.40. The number of pyridine rings is 1. The molecule has 0 atom stereocenters. The van der Waals surface area contributed by atoms with E-state index < -0.39 is 41.6 Å². The van der Waals surface area contributed by atoms with Crippen LogP contribution in [0, 0.1) is 0 Å². The zero-order valence-electron chi connectivity index (χ0n) is 34.5. The Labute approximate surface area is 339 Å². The van der Waals surface area contributed by atoms with Crippen LogP contribution in [0.1, 0.15) is 5.69 Å². The van der Waals surface area contributed by atoms with Gasteiger partial charge in [-0.2, -0.15) is 0 Å². The summed E-state index contributed by atoms with van der Waals surface area (Å²) < 4.78 is 26.4. The number of rotatable bonds is 0. The van der Waals surface area contributed by atoms with Crippen molar-refractivity contribution in [2.75, 3.05) is 0 Å². The molecule has 18 bridgehead atoms. The zero-order valence-corrected chi connectivity index (χ0v) is 39.5. The van der Waals surface area contributed by atoms with E-state index in [4.69, 9.17) is 27.6 Å². The fraction of sp³-hybridized carbons (Fsp3) is 0.250. The predicted molar refractivity (Wildman–Crippen MR) is 247 cm³/mol. The van der Waals surface area contributed by atoms with Crippen LogP contribution >= 0.6 is 0 Å². The molecule has 0 unspecified atom stereocenters. The molecule has 0 aliphatic carbocycles. The Kier molecular flexibility index (Phi) is 8.01. The van der Waals surface area contributed by atoms with Crippen LogP contribution in [0.15, 0.2) is 104 Å². The van der Waals surface area contributed by atoms with Crippen molar-refractivity contribution in [2.24, 2.45) is 0 Å². The van der Waals surface area contributed by atoms with Gasteiger partial charge in [0.1, 0.15) is 0 Å². The molecule has 0 spiro atoms. The van der Waals surface area contributed by atoms with Gasteiger partial charge in [0, 0.05) is 21.5 Å². The molecule has 0 saturated heterocycles. The molecule has 24 rings (SSSR count). The molecule has 13 heteroatoms. The lowest BCUT2D eigenvalue weighted by Gasteiger charge is -2.35. The van der Waals surface area contributed by atoms with Gasteiger partial charge >= 0.3 is 0 Å². The highest BCUT2D eigenvalue weighted by Gasteiger charge is 2.39. The van der Waals surface area contributed by atoms with Gasteiger partial charge in [-0.1, -0.05) is 48.5 Å². The van der Waals surface area contributed by atoms with Crippen molar-refractivity contribution in [3.63, 3.8) is 0 Å². The topological polar surface area (TPSA) is 76.2 Å². The normalized spacial score (nSPS) is 19.1. The average molecular weight is 836 g/mol. The molecule has 0 fully saturated rings. The van der Waals surface area contributed by atoms with E-state index >= 15 is 0 Å². The van der Waals surface area contributed by atoms with Gasteiger partial charge in [-0.25, -0.2) is 4.98 Å². The van der Waals surface area contributed by atoms with E-state index in [0.717, 1.165) is 44.6 Å². The van der Waals surface area contributed by atoms with E-state index in [1.54, 1.807) is 0 Å². The van der Waals surface area contributed by atoms with E-state index in [1.807, 2.05) is 18.6 Å². The Bertz CT molecular complexity index is 2810. The van der Waals surface area contributed by atoms with Crippen LogP contribution in [0.4, 0.5) is 0 Å². The number of nitrogens with zero attached hydrogens (tertiary/aromatic N) is 5. The van der Waals surface area contributed by atoms with Crippen molar-refractivity contribution < 1.29 is 12.7 Å². The van der Waals surface area contributed by atoms with Crippen LogP contribution in [-0.4, -0.2) is 65.7 Å². The van der Waals surface area contributed by atoms with Gasteiger partial charge in [0.2, 0.25) is 41.6 Å². The van der Waals surface area contributed by atoms with Crippen molar-refractivity contribution in [1.82, 2.24) is 24.1 Å². The van der Waals surface area contributed by atoms with Gasteiger partial charge in [0.05, 0.1) is 64.0 Å². The van der Waals surface area contributed by atoms with E-state index in [-0.39, 0.29) is 0 Å². The molecular weight excluding hydrogens is 787 g/mol. The summed E-state index contributed by atoms with van der Waals surface area (Å²) in [6, 6.07) is 32.4. The number of hydrogen-bond donors (Lipinski definition) is 0. The largest absolute Gasteiger partial charge is 0.449 e. The summed E-state index contributed by atoms with van der Waals surface area (Å²) >= 11 is 0. The second-order valence-corrected chi connectivity index (χ2v) is 38.3. The summed E-state index contributed by atoms with van der Waals surface area (Å²) in [6.07, 6.45) is 5.76. The van der Waals surface area contributed by atoms with Crippen LogP contribution in [-0.2, 0) is 19.3 Å². The van der Waals surface area contributed by atoms with Gasteiger partial charge in [-0.3, -0.25) is 14.5 Å². The van der Waals surface area contributed by atoms with E-state index in [9.17, 15) is 0 Å². The molecule has 4 aromatic carbocycles. The Hall–Kier alpha value is -4.33. The highest BCUT2D eigenvalue weighted by atomic mass is 28.4. The summed E-state index contributed by atoms with van der Waals surface area (Å²) in [7, 11) is -12.2. The van der Waals surface area contributed by atoms with Gasteiger partial charge in [-0.15, -0.1) is 0 Å². The summed E-state index contributed by atoms with van der Waals surface area (Å²) in [5, 5.41) is 11.0. The second kappa shape index (κ2) is 12.3. The van der Waals surface area contributed by atoms with Crippen LogP contribution in [0.2, 0.25) is 65.5 Å². The second-order valence-electron chi connectivity index (χ2n) is 18.4. The Balaban J connectivity index is 1.32. The van der Waals surface area contributed by atoms with Gasteiger partial charge in [-0.05, 0) is 123 Å². The molecule has 0 N–H and O–H groups in total. The van der Waals surface area contributed by atoms with E-state index in [0.29, 0.717) is 6.61 Å². The minimum atomic E-state index is -2.44. The average Bonchev–Trinajstić information content (AvgIpc) is 3.67. The molecule has 20 heterocycles. The van der Waals surface area contributed by atoms with Crippen molar-refractivity contribution in [2.45, 2.75) is 72.1 Å². The lowest BCUT2D eigenvalue weighted by Crippen LogP contribution is -2.57. The molecule has 16 aliphatic rings. The number of benzene rings is 4. The minimum Gasteiger partial charge on any atom is -0.449 e. The Morgan fingerprint density at radius 2 is 0.877 bits per heavy atom. The number of aromatic nitrogens is 5. The third-order valence-electron chi connectivity index (χ3n) is 12.5. The van der Waals surface area contributed by atoms with Gasteiger partial charge < -0.3 is 17.2 Å². The van der Waals surface area contributed by atoms with E-state index in [2.05, 4.69) is 160 Å². The first kappa shape index (κ1) is 37.0. The Morgan fingerprint density at radius 1 is 0.439 bits per heavy atom. The molecule has 8 aromatic rings. The summed E-state index contributed by atoms with van der Waals surface area (Å²) in [5.74, 6) is 0.779. The van der Waals surface area contributed by atoms with Crippen LogP contribution < -0.4 is 26.1 Å². The lowest BCUT2D eigenvalue weighted by molar-refractivity contribution is 0.297. The van der Waals surface area contributed by atoms with Crippen LogP contribution in [0.25, 0.3) is 55.1 Å². The third-order valence-corrected chi connectivity index (χ3v) is 29.8. The number of hydrogen-bond acceptors (Lipinski definition) is 6.